The summed E-state index contributed by atoms with van der Waals surface area (Å²) >= 11 is 0. The van der Waals surface area contributed by atoms with E-state index in [1.807, 2.05) is 6.07 Å². The zero-order valence-corrected chi connectivity index (χ0v) is 17.3. The molecule has 5 nitrogen and oxygen atoms in total. The number of ether oxygens (including phenoxy) is 1. The average Bonchev–Trinajstić information content (AvgIpc) is 3.35. The SMILES string of the molecule is C[C@]12CC[C@@H](O)C[C@H]1CC[C@@H]1[C@@H]2C[C@@H](O)[C@]2(C)[C@@H](c3ccc(=O)oc3)C[C@H]3O[C@]132. The number of rotatable bonds is 1. The second-order valence-electron chi connectivity index (χ2n) is 11.0. The maximum absolute atomic E-state index is 11.6. The standard InChI is InChI=1S/C24H32O5/c1-22-8-7-15(25)9-14(22)4-5-16-18(22)10-19(26)23(2)17(11-20-24(16,23)29-20)13-3-6-21(27)28-12-13/h3,6,12,14-20,25-26H,4-5,7-11H2,1-2H3/t14-,15-,16-,17-,18+,19-,20-,22+,23+,24-/m1/s1. The molecule has 1 spiro atoms. The van der Waals surface area contributed by atoms with Crippen molar-refractivity contribution in [2.24, 2.45) is 28.6 Å². The summed E-state index contributed by atoms with van der Waals surface area (Å²) in [5.74, 6) is 1.63. The Morgan fingerprint density at radius 1 is 1.03 bits per heavy atom. The van der Waals surface area contributed by atoms with Gasteiger partial charge in [-0.25, -0.2) is 4.79 Å². The first-order valence-electron chi connectivity index (χ1n) is 11.4. The van der Waals surface area contributed by atoms with E-state index in [2.05, 4.69) is 13.8 Å². The lowest BCUT2D eigenvalue weighted by atomic mass is 9.43. The summed E-state index contributed by atoms with van der Waals surface area (Å²) in [5.41, 5.74) is 0.271. The van der Waals surface area contributed by atoms with Crippen LogP contribution in [0.25, 0.3) is 0 Å². The highest BCUT2D eigenvalue weighted by Gasteiger charge is 2.82. The molecule has 0 unspecified atom stereocenters. The van der Waals surface area contributed by atoms with Crippen molar-refractivity contribution in [3.05, 3.63) is 34.4 Å². The van der Waals surface area contributed by atoms with Gasteiger partial charge in [-0.15, -0.1) is 0 Å². The molecular weight excluding hydrogens is 368 g/mol. The average molecular weight is 401 g/mol. The molecule has 4 aliphatic carbocycles. The van der Waals surface area contributed by atoms with Gasteiger partial charge in [0, 0.05) is 17.4 Å². The minimum Gasteiger partial charge on any atom is -0.431 e. The number of aliphatic hydroxyl groups is 2. The van der Waals surface area contributed by atoms with E-state index in [9.17, 15) is 15.0 Å². The Balaban J connectivity index is 1.39. The van der Waals surface area contributed by atoms with Gasteiger partial charge in [0.2, 0.25) is 0 Å². The molecule has 0 aromatic carbocycles. The molecule has 6 rings (SSSR count). The molecule has 4 saturated carbocycles. The van der Waals surface area contributed by atoms with Gasteiger partial charge in [-0.05, 0) is 79.7 Å². The summed E-state index contributed by atoms with van der Waals surface area (Å²) in [7, 11) is 0. The first-order chi connectivity index (χ1) is 13.8. The Morgan fingerprint density at radius 3 is 2.62 bits per heavy atom. The fraction of sp³-hybridized carbons (Fsp3) is 0.792. The molecule has 0 amide bonds. The molecule has 0 bridgehead atoms. The van der Waals surface area contributed by atoms with Crippen LogP contribution in [0.15, 0.2) is 27.6 Å². The Hall–Kier alpha value is -1.17. The van der Waals surface area contributed by atoms with Crippen LogP contribution in [0, 0.1) is 28.6 Å². The third-order valence-corrected chi connectivity index (χ3v) is 10.3. The molecule has 2 heterocycles. The van der Waals surface area contributed by atoms with Gasteiger partial charge >= 0.3 is 5.63 Å². The van der Waals surface area contributed by atoms with Crippen LogP contribution in [0.4, 0.5) is 0 Å². The quantitative estimate of drug-likeness (QED) is 0.707. The normalized spacial score (nSPS) is 55.4. The lowest BCUT2D eigenvalue weighted by Gasteiger charge is -2.62. The summed E-state index contributed by atoms with van der Waals surface area (Å²) in [4.78, 5) is 11.5. The molecule has 5 aliphatic rings. The van der Waals surface area contributed by atoms with Gasteiger partial charge in [-0.1, -0.05) is 13.8 Å². The number of epoxide rings is 1. The molecule has 5 fully saturated rings. The van der Waals surface area contributed by atoms with E-state index >= 15 is 0 Å². The predicted octanol–water partition coefficient (Wildman–Crippen LogP) is 3.23. The smallest absolute Gasteiger partial charge is 0.335 e. The number of fused-ring (bicyclic) bond motifs is 3. The lowest BCUT2D eigenvalue weighted by Crippen LogP contribution is -2.63. The fourth-order valence-corrected chi connectivity index (χ4v) is 8.70. The fourth-order valence-electron chi connectivity index (χ4n) is 8.70. The van der Waals surface area contributed by atoms with Crippen LogP contribution in [-0.4, -0.2) is 34.1 Å². The lowest BCUT2D eigenvalue weighted by molar-refractivity contribution is -0.182. The van der Waals surface area contributed by atoms with Crippen LogP contribution in [-0.2, 0) is 4.74 Å². The number of aliphatic hydroxyl groups excluding tert-OH is 2. The zero-order valence-electron chi connectivity index (χ0n) is 17.3. The van der Waals surface area contributed by atoms with Crippen LogP contribution in [0.2, 0.25) is 0 Å². The highest BCUT2D eigenvalue weighted by atomic mass is 16.6. The van der Waals surface area contributed by atoms with Crippen LogP contribution in [0.3, 0.4) is 0 Å². The molecule has 0 radical (unpaired) electrons. The van der Waals surface area contributed by atoms with Gasteiger partial charge in [0.25, 0.3) is 0 Å². The van der Waals surface area contributed by atoms with E-state index in [1.54, 1.807) is 6.26 Å². The Bertz CT molecular complexity index is 875. The summed E-state index contributed by atoms with van der Waals surface area (Å²) < 4.78 is 11.7. The van der Waals surface area contributed by atoms with Crippen molar-refractivity contribution >= 4 is 0 Å². The molecule has 1 aromatic rings. The van der Waals surface area contributed by atoms with Gasteiger partial charge in [0.1, 0.15) is 5.60 Å². The monoisotopic (exact) mass is 400 g/mol. The second kappa shape index (κ2) is 5.74. The molecule has 5 heteroatoms. The summed E-state index contributed by atoms with van der Waals surface area (Å²) in [6, 6.07) is 3.37. The predicted molar refractivity (Wildman–Crippen MR) is 106 cm³/mol. The minimum atomic E-state index is -0.435. The van der Waals surface area contributed by atoms with Crippen molar-refractivity contribution in [2.75, 3.05) is 0 Å². The first kappa shape index (κ1) is 18.6. The molecule has 1 aliphatic heterocycles. The Morgan fingerprint density at radius 2 is 1.86 bits per heavy atom. The van der Waals surface area contributed by atoms with Crippen molar-refractivity contribution in [3.8, 4) is 0 Å². The van der Waals surface area contributed by atoms with Gasteiger partial charge < -0.3 is 19.4 Å². The Labute approximate surface area is 171 Å². The van der Waals surface area contributed by atoms with Crippen LogP contribution >= 0.6 is 0 Å². The second-order valence-corrected chi connectivity index (χ2v) is 11.0. The number of hydrogen-bond donors (Lipinski definition) is 2. The van der Waals surface area contributed by atoms with Gasteiger partial charge in [0.05, 0.1) is 24.6 Å². The molecule has 1 saturated heterocycles. The molecule has 2 N–H and O–H groups in total. The van der Waals surface area contributed by atoms with Crippen LogP contribution in [0.5, 0.6) is 0 Å². The van der Waals surface area contributed by atoms with Crippen molar-refractivity contribution in [3.63, 3.8) is 0 Å². The third kappa shape index (κ3) is 2.14. The van der Waals surface area contributed by atoms with E-state index in [-0.39, 0.29) is 40.2 Å². The van der Waals surface area contributed by atoms with Crippen molar-refractivity contribution in [2.45, 2.75) is 88.6 Å². The molecule has 158 valence electrons. The maximum Gasteiger partial charge on any atom is 0.335 e. The highest BCUT2D eigenvalue weighted by Crippen LogP contribution is 2.77. The van der Waals surface area contributed by atoms with Crippen molar-refractivity contribution in [1.82, 2.24) is 0 Å². The largest absolute Gasteiger partial charge is 0.431 e. The van der Waals surface area contributed by atoms with Gasteiger partial charge in [-0.2, -0.15) is 0 Å². The van der Waals surface area contributed by atoms with E-state index in [0.717, 1.165) is 50.5 Å². The maximum atomic E-state index is 11.6. The van der Waals surface area contributed by atoms with Crippen molar-refractivity contribution < 1.29 is 19.4 Å². The summed E-state index contributed by atoms with van der Waals surface area (Å²) in [5, 5.41) is 21.8. The zero-order chi connectivity index (χ0) is 20.2. The summed E-state index contributed by atoms with van der Waals surface area (Å²) in [6.45, 7) is 4.64. The van der Waals surface area contributed by atoms with Crippen LogP contribution in [0.1, 0.15) is 70.3 Å². The van der Waals surface area contributed by atoms with E-state index < -0.39 is 6.10 Å². The molecule has 1 aromatic heterocycles. The summed E-state index contributed by atoms with van der Waals surface area (Å²) in [6.07, 6.45) is 8.04. The number of hydrogen-bond acceptors (Lipinski definition) is 5. The van der Waals surface area contributed by atoms with E-state index in [4.69, 9.17) is 9.15 Å². The molecule has 10 atom stereocenters. The third-order valence-electron chi connectivity index (χ3n) is 10.3. The van der Waals surface area contributed by atoms with Gasteiger partial charge in [-0.3, -0.25) is 0 Å². The van der Waals surface area contributed by atoms with E-state index in [1.165, 1.54) is 6.07 Å². The molecule has 29 heavy (non-hydrogen) atoms. The van der Waals surface area contributed by atoms with Crippen molar-refractivity contribution in [1.29, 1.82) is 0 Å². The van der Waals surface area contributed by atoms with Crippen LogP contribution < -0.4 is 5.63 Å². The topological polar surface area (TPSA) is 83.2 Å². The Kier molecular flexibility index (Phi) is 3.68. The van der Waals surface area contributed by atoms with E-state index in [0.29, 0.717) is 17.8 Å². The molecular formula is C24H32O5. The van der Waals surface area contributed by atoms with Gasteiger partial charge in [0.15, 0.2) is 0 Å². The highest BCUT2D eigenvalue weighted by molar-refractivity contribution is 5.36. The minimum absolute atomic E-state index is 0.153. The first-order valence-corrected chi connectivity index (χ1v) is 11.4.